The van der Waals surface area contributed by atoms with Gasteiger partial charge in [-0.05, 0) is 13.1 Å². The molecule has 1 N–H and O–H groups in total. The summed E-state index contributed by atoms with van der Waals surface area (Å²) < 4.78 is 5.47. The van der Waals surface area contributed by atoms with Crippen molar-refractivity contribution in [3.8, 4) is 11.8 Å². The number of rotatable bonds is 5. The Bertz CT molecular complexity index is 317. The maximum absolute atomic E-state index is 8.37. The van der Waals surface area contributed by atoms with Crippen molar-refractivity contribution in [3.05, 3.63) is 29.8 Å². The van der Waals surface area contributed by atoms with Gasteiger partial charge in [0.25, 0.3) is 0 Å². The van der Waals surface area contributed by atoms with Gasteiger partial charge in [0.15, 0.2) is 0 Å². The van der Waals surface area contributed by atoms with E-state index in [1.807, 2.05) is 37.4 Å². The predicted molar refractivity (Wildman–Crippen MR) is 54.9 cm³/mol. The Hall–Kier alpha value is -1.53. The zero-order valence-corrected chi connectivity index (χ0v) is 8.29. The minimum absolute atomic E-state index is 0.424. The summed E-state index contributed by atoms with van der Waals surface area (Å²) in [6, 6.07) is 9.89. The van der Waals surface area contributed by atoms with Gasteiger partial charge in [0.1, 0.15) is 12.4 Å². The van der Waals surface area contributed by atoms with Crippen molar-refractivity contribution in [2.75, 3.05) is 13.7 Å². The van der Waals surface area contributed by atoms with Crippen molar-refractivity contribution < 1.29 is 4.74 Å². The molecule has 0 fully saturated rings. The molecule has 0 heterocycles. The van der Waals surface area contributed by atoms with Gasteiger partial charge in [-0.3, -0.25) is 0 Å². The summed E-state index contributed by atoms with van der Waals surface area (Å²) >= 11 is 0. The van der Waals surface area contributed by atoms with Crippen molar-refractivity contribution in [1.29, 1.82) is 5.26 Å². The van der Waals surface area contributed by atoms with Crippen LogP contribution in [0.5, 0.6) is 5.75 Å². The van der Waals surface area contributed by atoms with Gasteiger partial charge in [0.2, 0.25) is 0 Å². The molecular weight excluding hydrogens is 176 g/mol. The maximum Gasteiger partial charge on any atom is 0.123 e. The lowest BCUT2D eigenvalue weighted by atomic mass is 10.2. The second-order valence-electron chi connectivity index (χ2n) is 2.89. The van der Waals surface area contributed by atoms with E-state index in [-0.39, 0.29) is 0 Å². The number of para-hydroxylation sites is 1. The number of benzene rings is 1. The highest BCUT2D eigenvalue weighted by Gasteiger charge is 2.00. The molecule has 0 aromatic heterocycles. The Morgan fingerprint density at radius 1 is 1.43 bits per heavy atom. The number of nitrogens with zero attached hydrogens (tertiary/aromatic N) is 1. The Morgan fingerprint density at radius 3 is 2.93 bits per heavy atom. The van der Waals surface area contributed by atoms with Crippen LogP contribution in [-0.2, 0) is 6.54 Å². The largest absolute Gasteiger partial charge is 0.492 e. The molecule has 74 valence electrons. The van der Waals surface area contributed by atoms with Crippen LogP contribution in [0.1, 0.15) is 12.0 Å². The maximum atomic E-state index is 8.37. The molecule has 0 aliphatic carbocycles. The Morgan fingerprint density at radius 2 is 2.21 bits per heavy atom. The molecule has 1 rings (SSSR count). The van der Waals surface area contributed by atoms with Crippen LogP contribution in [0.4, 0.5) is 0 Å². The highest BCUT2D eigenvalue weighted by Crippen LogP contribution is 2.17. The summed E-state index contributed by atoms with van der Waals surface area (Å²) in [5.41, 5.74) is 1.12. The van der Waals surface area contributed by atoms with Gasteiger partial charge < -0.3 is 10.1 Å². The summed E-state index contributed by atoms with van der Waals surface area (Å²) in [6.07, 6.45) is 0.424. The van der Waals surface area contributed by atoms with E-state index in [9.17, 15) is 0 Å². The van der Waals surface area contributed by atoms with Crippen LogP contribution in [0.25, 0.3) is 0 Å². The highest BCUT2D eigenvalue weighted by molar-refractivity contribution is 5.33. The second-order valence-corrected chi connectivity index (χ2v) is 2.89. The molecule has 1 aromatic carbocycles. The molecule has 0 spiro atoms. The molecule has 1 aromatic rings. The first-order valence-electron chi connectivity index (χ1n) is 4.60. The first kappa shape index (κ1) is 10.6. The van der Waals surface area contributed by atoms with Gasteiger partial charge in [-0.2, -0.15) is 5.26 Å². The van der Waals surface area contributed by atoms with Crippen LogP contribution in [0.3, 0.4) is 0 Å². The van der Waals surface area contributed by atoms with E-state index in [1.165, 1.54) is 0 Å². The molecule has 0 unspecified atom stereocenters. The summed E-state index contributed by atoms with van der Waals surface area (Å²) in [4.78, 5) is 0. The Labute approximate surface area is 84.3 Å². The lowest BCUT2D eigenvalue weighted by Crippen LogP contribution is -2.07. The average molecular weight is 190 g/mol. The summed E-state index contributed by atoms with van der Waals surface area (Å²) in [7, 11) is 1.89. The third-order valence-electron chi connectivity index (χ3n) is 1.81. The minimum Gasteiger partial charge on any atom is -0.492 e. The van der Waals surface area contributed by atoms with Gasteiger partial charge >= 0.3 is 0 Å². The lowest BCUT2D eigenvalue weighted by Gasteiger charge is -2.09. The highest BCUT2D eigenvalue weighted by atomic mass is 16.5. The third kappa shape index (κ3) is 3.08. The molecule has 3 nitrogen and oxygen atoms in total. The van der Waals surface area contributed by atoms with Crippen LogP contribution < -0.4 is 10.1 Å². The van der Waals surface area contributed by atoms with Crippen LogP contribution in [0, 0.1) is 11.3 Å². The molecule has 0 radical (unpaired) electrons. The summed E-state index contributed by atoms with van der Waals surface area (Å²) in [5, 5.41) is 11.4. The van der Waals surface area contributed by atoms with E-state index in [0.717, 1.165) is 17.9 Å². The van der Waals surface area contributed by atoms with E-state index < -0.39 is 0 Å². The van der Waals surface area contributed by atoms with Gasteiger partial charge in [-0.25, -0.2) is 0 Å². The second kappa shape index (κ2) is 6.01. The first-order valence-corrected chi connectivity index (χ1v) is 4.60. The molecule has 14 heavy (non-hydrogen) atoms. The molecule has 3 heteroatoms. The van der Waals surface area contributed by atoms with Gasteiger partial charge in [0.05, 0.1) is 12.5 Å². The molecule has 0 atom stereocenters. The smallest absolute Gasteiger partial charge is 0.123 e. The van der Waals surface area contributed by atoms with E-state index in [2.05, 4.69) is 5.32 Å². The Kier molecular flexibility index (Phi) is 4.53. The predicted octanol–water partition coefficient (Wildman–Crippen LogP) is 1.70. The number of nitrogens with one attached hydrogen (secondary N) is 1. The molecule has 0 bridgehead atoms. The molecular formula is C11H14N2O. The Balaban J connectivity index is 2.60. The lowest BCUT2D eigenvalue weighted by molar-refractivity contribution is 0.322. The number of hydrogen-bond acceptors (Lipinski definition) is 3. The van der Waals surface area contributed by atoms with E-state index in [1.54, 1.807) is 0 Å². The molecule has 0 saturated heterocycles. The number of ether oxygens (including phenoxy) is 1. The summed E-state index contributed by atoms with van der Waals surface area (Å²) in [5.74, 6) is 0.858. The number of nitriles is 1. The van der Waals surface area contributed by atoms with Gasteiger partial charge in [-0.1, -0.05) is 18.2 Å². The standard InChI is InChI=1S/C11H14N2O/c1-13-9-10-5-2-3-6-11(10)14-8-4-7-12/h2-3,5-6,13H,4,8-9H2,1H3. The average Bonchev–Trinajstić information content (AvgIpc) is 2.21. The zero-order chi connectivity index (χ0) is 10.2. The monoisotopic (exact) mass is 190 g/mol. The third-order valence-corrected chi connectivity index (χ3v) is 1.81. The number of hydrogen-bond donors (Lipinski definition) is 1. The van der Waals surface area contributed by atoms with Crippen molar-refractivity contribution in [1.82, 2.24) is 5.32 Å². The van der Waals surface area contributed by atoms with Crippen molar-refractivity contribution in [2.24, 2.45) is 0 Å². The quantitative estimate of drug-likeness (QED) is 0.719. The van der Waals surface area contributed by atoms with Crippen molar-refractivity contribution in [3.63, 3.8) is 0 Å². The molecule has 0 saturated carbocycles. The molecule has 0 aliphatic heterocycles. The first-order chi connectivity index (χ1) is 6.88. The van der Waals surface area contributed by atoms with Crippen molar-refractivity contribution in [2.45, 2.75) is 13.0 Å². The molecule has 0 amide bonds. The van der Waals surface area contributed by atoms with Crippen LogP contribution in [0.2, 0.25) is 0 Å². The van der Waals surface area contributed by atoms with E-state index in [0.29, 0.717) is 13.0 Å². The zero-order valence-electron chi connectivity index (χ0n) is 8.29. The fourth-order valence-corrected chi connectivity index (χ4v) is 1.19. The van der Waals surface area contributed by atoms with Crippen LogP contribution in [-0.4, -0.2) is 13.7 Å². The van der Waals surface area contributed by atoms with Crippen LogP contribution >= 0.6 is 0 Å². The van der Waals surface area contributed by atoms with Gasteiger partial charge in [0, 0.05) is 12.1 Å². The van der Waals surface area contributed by atoms with E-state index >= 15 is 0 Å². The van der Waals surface area contributed by atoms with Gasteiger partial charge in [-0.15, -0.1) is 0 Å². The summed E-state index contributed by atoms with van der Waals surface area (Å²) in [6.45, 7) is 1.24. The minimum atomic E-state index is 0.424. The van der Waals surface area contributed by atoms with E-state index in [4.69, 9.17) is 10.00 Å². The van der Waals surface area contributed by atoms with Crippen LogP contribution in [0.15, 0.2) is 24.3 Å². The fraction of sp³-hybridized carbons (Fsp3) is 0.364. The van der Waals surface area contributed by atoms with Crippen molar-refractivity contribution >= 4 is 0 Å². The topological polar surface area (TPSA) is 45.0 Å². The SMILES string of the molecule is CNCc1ccccc1OCCC#N. The fourth-order valence-electron chi connectivity index (χ4n) is 1.19. The normalized spacial score (nSPS) is 9.43. The molecule has 0 aliphatic rings.